The van der Waals surface area contributed by atoms with E-state index in [1.807, 2.05) is 60.7 Å². The number of pyridine rings is 1. The molecule has 0 radical (unpaired) electrons. The fourth-order valence-corrected chi connectivity index (χ4v) is 2.66. The van der Waals surface area contributed by atoms with E-state index in [9.17, 15) is 0 Å². The molecule has 138 valence electrons. The Morgan fingerprint density at radius 3 is 2.11 bits per heavy atom. The maximum atomic E-state index is 5.39. The minimum Gasteiger partial charge on any atom is -0.493 e. The molecule has 0 bridgehead atoms. The molecule has 0 saturated heterocycles. The number of hydrogen-bond acceptors (Lipinski definition) is 5. The molecule has 5 nitrogen and oxygen atoms in total. The van der Waals surface area contributed by atoms with Crippen molar-refractivity contribution in [1.82, 2.24) is 4.98 Å². The molecule has 0 atom stereocenters. The van der Waals surface area contributed by atoms with Gasteiger partial charge in [-0.05, 0) is 23.8 Å². The van der Waals surface area contributed by atoms with Crippen LogP contribution in [0, 0.1) is 0 Å². The van der Waals surface area contributed by atoms with Gasteiger partial charge >= 0.3 is 0 Å². The van der Waals surface area contributed by atoms with Crippen LogP contribution in [-0.4, -0.2) is 26.3 Å². The van der Waals surface area contributed by atoms with Crippen molar-refractivity contribution in [3.05, 3.63) is 71.9 Å². The van der Waals surface area contributed by atoms with E-state index in [1.165, 1.54) is 0 Å². The molecule has 0 aliphatic rings. The average Bonchev–Trinajstić information content (AvgIpc) is 2.72. The number of nitrogens with one attached hydrogen (secondary N) is 1. The Kier molecular flexibility index (Phi) is 5.94. The van der Waals surface area contributed by atoms with Crippen LogP contribution in [-0.2, 0) is 0 Å². The largest absolute Gasteiger partial charge is 0.493 e. The van der Waals surface area contributed by atoms with Crippen LogP contribution in [0.25, 0.3) is 12.2 Å². The van der Waals surface area contributed by atoms with Gasteiger partial charge in [0, 0.05) is 17.8 Å². The van der Waals surface area contributed by atoms with Crippen LogP contribution in [0.1, 0.15) is 11.3 Å². The summed E-state index contributed by atoms with van der Waals surface area (Å²) in [6.45, 7) is 0. The van der Waals surface area contributed by atoms with Crippen molar-refractivity contribution in [1.29, 1.82) is 0 Å². The van der Waals surface area contributed by atoms with Crippen molar-refractivity contribution < 1.29 is 14.2 Å². The summed E-state index contributed by atoms with van der Waals surface area (Å²) in [6, 6.07) is 19.6. The van der Waals surface area contributed by atoms with E-state index in [-0.39, 0.29) is 0 Å². The van der Waals surface area contributed by atoms with Gasteiger partial charge in [0.2, 0.25) is 5.75 Å². The molecular weight excluding hydrogens is 340 g/mol. The molecule has 0 fully saturated rings. The molecule has 0 unspecified atom stereocenters. The summed E-state index contributed by atoms with van der Waals surface area (Å²) in [6.07, 6.45) is 4.02. The zero-order chi connectivity index (χ0) is 19.1. The first-order valence-electron chi connectivity index (χ1n) is 8.50. The first-order valence-corrected chi connectivity index (χ1v) is 8.50. The molecule has 5 heteroatoms. The Morgan fingerprint density at radius 2 is 1.48 bits per heavy atom. The minimum atomic E-state index is 0.554. The molecule has 0 saturated carbocycles. The van der Waals surface area contributed by atoms with Crippen molar-refractivity contribution in [2.45, 2.75) is 0 Å². The second-order valence-corrected chi connectivity index (χ2v) is 5.73. The molecule has 1 heterocycles. The fraction of sp³-hybridized carbons (Fsp3) is 0.136. The number of methoxy groups -OCH3 is 3. The van der Waals surface area contributed by atoms with Crippen molar-refractivity contribution in [3.8, 4) is 17.2 Å². The summed E-state index contributed by atoms with van der Waals surface area (Å²) in [5.41, 5.74) is 2.78. The summed E-state index contributed by atoms with van der Waals surface area (Å²) in [5.74, 6) is 2.44. The van der Waals surface area contributed by atoms with Gasteiger partial charge < -0.3 is 19.5 Å². The quantitative estimate of drug-likeness (QED) is 0.639. The van der Waals surface area contributed by atoms with E-state index in [0.717, 1.165) is 22.8 Å². The number of rotatable bonds is 7. The molecule has 2 aromatic carbocycles. The highest BCUT2D eigenvalue weighted by Crippen LogP contribution is 2.40. The number of nitrogens with zero attached hydrogens (tertiary/aromatic N) is 1. The third-order valence-corrected chi connectivity index (χ3v) is 3.95. The third kappa shape index (κ3) is 4.58. The lowest BCUT2D eigenvalue weighted by atomic mass is 10.2. The van der Waals surface area contributed by atoms with Crippen molar-refractivity contribution in [3.63, 3.8) is 0 Å². The van der Waals surface area contributed by atoms with Gasteiger partial charge in [-0.3, -0.25) is 0 Å². The lowest BCUT2D eigenvalue weighted by molar-refractivity contribution is 0.324. The van der Waals surface area contributed by atoms with E-state index >= 15 is 0 Å². The van der Waals surface area contributed by atoms with Crippen molar-refractivity contribution in [2.24, 2.45) is 0 Å². The number of hydrogen-bond donors (Lipinski definition) is 1. The predicted octanol–water partition coefficient (Wildman–Crippen LogP) is 5.02. The van der Waals surface area contributed by atoms with E-state index in [1.54, 1.807) is 21.3 Å². The van der Waals surface area contributed by atoms with Gasteiger partial charge in [0.1, 0.15) is 5.82 Å². The molecule has 0 spiro atoms. The third-order valence-electron chi connectivity index (χ3n) is 3.95. The molecular formula is C22H22N2O3. The molecule has 0 amide bonds. The van der Waals surface area contributed by atoms with Crippen LogP contribution < -0.4 is 19.5 Å². The van der Waals surface area contributed by atoms with Gasteiger partial charge in [-0.25, -0.2) is 4.98 Å². The zero-order valence-electron chi connectivity index (χ0n) is 15.6. The monoisotopic (exact) mass is 362 g/mol. The summed E-state index contributed by atoms with van der Waals surface area (Å²) >= 11 is 0. The van der Waals surface area contributed by atoms with Crippen LogP contribution in [0.15, 0.2) is 60.7 Å². The van der Waals surface area contributed by atoms with Gasteiger partial charge in [0.15, 0.2) is 11.5 Å². The molecule has 1 aromatic heterocycles. The van der Waals surface area contributed by atoms with Gasteiger partial charge in [0.05, 0.1) is 27.0 Å². The molecule has 0 aliphatic carbocycles. The topological polar surface area (TPSA) is 52.6 Å². The fourth-order valence-electron chi connectivity index (χ4n) is 2.66. The molecule has 27 heavy (non-hydrogen) atoms. The average molecular weight is 362 g/mol. The highest BCUT2D eigenvalue weighted by Gasteiger charge is 2.13. The number of ether oxygens (including phenoxy) is 3. The van der Waals surface area contributed by atoms with E-state index in [4.69, 9.17) is 14.2 Å². The van der Waals surface area contributed by atoms with E-state index < -0.39 is 0 Å². The first-order chi connectivity index (χ1) is 13.2. The number of benzene rings is 2. The Balaban J connectivity index is 1.83. The van der Waals surface area contributed by atoms with Gasteiger partial charge in [-0.2, -0.15) is 0 Å². The van der Waals surface area contributed by atoms with Gasteiger partial charge in [-0.1, -0.05) is 42.5 Å². The lowest BCUT2D eigenvalue weighted by Crippen LogP contribution is -1.99. The number of aromatic nitrogens is 1. The number of anilines is 2. The lowest BCUT2D eigenvalue weighted by Gasteiger charge is -2.15. The Bertz CT molecular complexity index is 899. The smallest absolute Gasteiger partial charge is 0.203 e. The van der Waals surface area contributed by atoms with E-state index in [2.05, 4.69) is 22.4 Å². The van der Waals surface area contributed by atoms with Crippen molar-refractivity contribution in [2.75, 3.05) is 26.6 Å². The standard InChI is InChI=1S/C22H22N2O3/c1-25-19-14-18(15-20(26-2)22(19)27-3)24-21-11-7-10-17(23-21)13-12-16-8-5-4-6-9-16/h4-15H,1-3H3,(H,23,24). The Labute approximate surface area is 159 Å². The molecule has 1 N–H and O–H groups in total. The van der Waals surface area contributed by atoms with Crippen LogP contribution in [0.5, 0.6) is 17.2 Å². The Hall–Kier alpha value is -3.47. The zero-order valence-corrected chi connectivity index (χ0v) is 15.6. The predicted molar refractivity (Wildman–Crippen MR) is 109 cm³/mol. The summed E-state index contributed by atoms with van der Waals surface area (Å²) < 4.78 is 16.1. The highest BCUT2D eigenvalue weighted by molar-refractivity contribution is 5.70. The molecule has 0 aliphatic heterocycles. The van der Waals surface area contributed by atoms with Crippen LogP contribution in [0.3, 0.4) is 0 Å². The maximum Gasteiger partial charge on any atom is 0.203 e. The summed E-state index contributed by atoms with van der Waals surface area (Å²) in [7, 11) is 4.76. The van der Waals surface area contributed by atoms with Crippen molar-refractivity contribution >= 4 is 23.7 Å². The summed E-state index contributed by atoms with van der Waals surface area (Å²) in [5, 5.41) is 3.28. The second-order valence-electron chi connectivity index (χ2n) is 5.73. The van der Waals surface area contributed by atoms with Gasteiger partial charge in [0.25, 0.3) is 0 Å². The maximum absolute atomic E-state index is 5.39. The SMILES string of the molecule is COc1cc(Nc2cccc(C=Cc3ccccc3)n2)cc(OC)c1OC. The molecule has 3 rings (SSSR count). The summed E-state index contributed by atoms with van der Waals surface area (Å²) in [4.78, 5) is 4.63. The normalized spacial score (nSPS) is 10.6. The van der Waals surface area contributed by atoms with Crippen LogP contribution in [0.4, 0.5) is 11.5 Å². The first kappa shape index (κ1) is 18.3. The second kappa shape index (κ2) is 8.76. The van der Waals surface area contributed by atoms with Crippen LogP contribution >= 0.6 is 0 Å². The minimum absolute atomic E-state index is 0.554. The van der Waals surface area contributed by atoms with Gasteiger partial charge in [-0.15, -0.1) is 0 Å². The van der Waals surface area contributed by atoms with E-state index in [0.29, 0.717) is 17.2 Å². The van der Waals surface area contributed by atoms with Crippen LogP contribution in [0.2, 0.25) is 0 Å². The molecule has 3 aromatic rings. The Morgan fingerprint density at radius 1 is 0.778 bits per heavy atom. The highest BCUT2D eigenvalue weighted by atomic mass is 16.5.